The highest BCUT2D eigenvalue weighted by molar-refractivity contribution is 5.85. The molecule has 1 aliphatic rings. The first-order valence-corrected chi connectivity index (χ1v) is 9.11. The predicted molar refractivity (Wildman–Crippen MR) is 104 cm³/mol. The summed E-state index contributed by atoms with van der Waals surface area (Å²) >= 11 is 0. The molecule has 1 aromatic heterocycles. The third-order valence-electron chi connectivity index (χ3n) is 5.34. The first-order chi connectivity index (χ1) is 12.6. The summed E-state index contributed by atoms with van der Waals surface area (Å²) in [6, 6.07) is 14.1. The molecule has 0 bridgehead atoms. The number of fused-ring (bicyclic) bond motifs is 3. The molecule has 1 aliphatic heterocycles. The fourth-order valence-electron chi connectivity index (χ4n) is 3.51. The Morgan fingerprint density at radius 3 is 2.65 bits per heavy atom. The van der Waals surface area contributed by atoms with E-state index in [2.05, 4.69) is 43.0 Å². The van der Waals surface area contributed by atoms with Gasteiger partial charge in [-0.2, -0.15) is 0 Å². The van der Waals surface area contributed by atoms with Crippen LogP contribution in [0.5, 0.6) is 5.75 Å². The molecule has 0 N–H and O–H groups in total. The molecule has 4 rings (SSSR count). The fourth-order valence-corrected chi connectivity index (χ4v) is 3.51. The second-order valence-electron chi connectivity index (χ2n) is 7.04. The Bertz CT molecular complexity index is 1000. The molecule has 4 nitrogen and oxygen atoms in total. The quantitative estimate of drug-likeness (QED) is 0.626. The van der Waals surface area contributed by atoms with Crippen molar-refractivity contribution >= 4 is 16.7 Å². The average Bonchev–Trinajstić information content (AvgIpc) is 2.67. The van der Waals surface area contributed by atoms with Crippen LogP contribution in [0, 0.1) is 6.92 Å². The summed E-state index contributed by atoms with van der Waals surface area (Å²) in [6.07, 6.45) is 1.13. The third-order valence-corrected chi connectivity index (χ3v) is 5.34. The molecule has 2 heterocycles. The molecule has 0 spiro atoms. The Morgan fingerprint density at radius 1 is 1.15 bits per heavy atom. The van der Waals surface area contributed by atoms with Gasteiger partial charge in [-0.15, -0.1) is 0 Å². The van der Waals surface area contributed by atoms with Crippen LogP contribution in [0.1, 0.15) is 42.9 Å². The summed E-state index contributed by atoms with van der Waals surface area (Å²) in [4.78, 5) is 14.0. The maximum atomic E-state index is 11.9. The van der Waals surface area contributed by atoms with Crippen molar-refractivity contribution in [2.75, 3.05) is 11.6 Å². The van der Waals surface area contributed by atoms with E-state index in [0.29, 0.717) is 24.8 Å². The predicted octanol–water partition coefficient (Wildman–Crippen LogP) is 4.97. The minimum atomic E-state index is -0.321. The molecule has 0 aliphatic carbocycles. The third kappa shape index (κ3) is 2.85. The number of aryl methyl sites for hydroxylation is 1. The lowest BCUT2D eigenvalue weighted by molar-refractivity contribution is 0.289. The molecule has 134 valence electrons. The summed E-state index contributed by atoms with van der Waals surface area (Å²) in [7, 11) is 0. The van der Waals surface area contributed by atoms with Crippen molar-refractivity contribution in [1.29, 1.82) is 0 Å². The molecule has 0 unspecified atom stereocenters. The normalized spacial score (nSPS) is 14.8. The van der Waals surface area contributed by atoms with E-state index in [0.717, 1.165) is 34.4 Å². The molecular formula is C22H23NO3. The van der Waals surface area contributed by atoms with Crippen LogP contribution < -0.4 is 15.3 Å². The molecule has 0 saturated heterocycles. The summed E-state index contributed by atoms with van der Waals surface area (Å²) in [6.45, 7) is 7.51. The summed E-state index contributed by atoms with van der Waals surface area (Å²) in [5.74, 6) is 1.35. The zero-order valence-electron chi connectivity index (χ0n) is 15.4. The van der Waals surface area contributed by atoms with Gasteiger partial charge in [-0.1, -0.05) is 26.0 Å². The van der Waals surface area contributed by atoms with Crippen LogP contribution in [0.25, 0.3) is 11.0 Å². The number of benzene rings is 2. The largest absolute Gasteiger partial charge is 0.473 e. The molecule has 0 saturated carbocycles. The van der Waals surface area contributed by atoms with Crippen molar-refractivity contribution < 1.29 is 9.15 Å². The maximum Gasteiger partial charge on any atom is 0.336 e. The molecule has 0 fully saturated rings. The van der Waals surface area contributed by atoms with Crippen molar-refractivity contribution in [1.82, 2.24) is 0 Å². The van der Waals surface area contributed by atoms with E-state index < -0.39 is 0 Å². The molecule has 2 aromatic carbocycles. The van der Waals surface area contributed by atoms with Crippen LogP contribution in [0.15, 0.2) is 51.7 Å². The van der Waals surface area contributed by atoms with Gasteiger partial charge >= 0.3 is 5.63 Å². The number of hydrogen-bond acceptors (Lipinski definition) is 4. The van der Waals surface area contributed by atoms with Gasteiger partial charge in [0, 0.05) is 17.1 Å². The highest BCUT2D eigenvalue weighted by Gasteiger charge is 2.22. The van der Waals surface area contributed by atoms with Crippen LogP contribution in [0.2, 0.25) is 0 Å². The van der Waals surface area contributed by atoms with E-state index in [1.54, 1.807) is 0 Å². The van der Waals surface area contributed by atoms with Gasteiger partial charge < -0.3 is 14.1 Å². The van der Waals surface area contributed by atoms with Crippen molar-refractivity contribution in [2.45, 2.75) is 39.7 Å². The SMILES string of the molecule is CC[C@@H](C)c1ccc(N2COc3ccc4c(C)cc(=O)oc4c3C2)cc1. The lowest BCUT2D eigenvalue weighted by Crippen LogP contribution is -2.32. The first-order valence-electron chi connectivity index (χ1n) is 9.11. The molecule has 3 aromatic rings. The van der Waals surface area contributed by atoms with E-state index in [-0.39, 0.29) is 5.63 Å². The number of nitrogens with zero attached hydrogens (tertiary/aromatic N) is 1. The molecule has 0 amide bonds. The van der Waals surface area contributed by atoms with Gasteiger partial charge in [-0.05, 0) is 54.7 Å². The monoisotopic (exact) mass is 349 g/mol. The second kappa shape index (κ2) is 6.52. The fraction of sp³-hybridized carbons (Fsp3) is 0.318. The van der Waals surface area contributed by atoms with Gasteiger partial charge in [0.2, 0.25) is 0 Å². The molecule has 0 radical (unpaired) electrons. The topological polar surface area (TPSA) is 42.7 Å². The van der Waals surface area contributed by atoms with Crippen molar-refractivity contribution in [3.8, 4) is 5.75 Å². The van der Waals surface area contributed by atoms with Gasteiger partial charge in [0.15, 0.2) is 6.73 Å². The van der Waals surface area contributed by atoms with Gasteiger partial charge in [0.05, 0.1) is 12.1 Å². The number of anilines is 1. The molecule has 4 heteroatoms. The maximum absolute atomic E-state index is 11.9. The van der Waals surface area contributed by atoms with Crippen molar-refractivity contribution in [2.24, 2.45) is 0 Å². The zero-order chi connectivity index (χ0) is 18.3. The minimum absolute atomic E-state index is 0.321. The second-order valence-corrected chi connectivity index (χ2v) is 7.04. The summed E-state index contributed by atoms with van der Waals surface area (Å²) in [5, 5.41) is 0.959. The van der Waals surface area contributed by atoms with Crippen molar-refractivity contribution in [3.05, 3.63) is 69.6 Å². The number of hydrogen-bond donors (Lipinski definition) is 0. The van der Waals surface area contributed by atoms with Crippen LogP contribution in [-0.2, 0) is 6.54 Å². The van der Waals surface area contributed by atoms with E-state index in [1.165, 1.54) is 11.6 Å². The molecule has 1 atom stereocenters. The van der Waals surface area contributed by atoms with E-state index >= 15 is 0 Å². The van der Waals surface area contributed by atoms with Crippen LogP contribution >= 0.6 is 0 Å². The molecule has 26 heavy (non-hydrogen) atoms. The Hall–Kier alpha value is -2.75. The van der Waals surface area contributed by atoms with E-state index in [1.807, 2.05) is 19.1 Å². The number of rotatable bonds is 3. The zero-order valence-corrected chi connectivity index (χ0v) is 15.4. The summed E-state index contributed by atoms with van der Waals surface area (Å²) < 4.78 is 11.5. The Kier molecular flexibility index (Phi) is 4.19. The van der Waals surface area contributed by atoms with Gasteiger partial charge in [-0.25, -0.2) is 4.79 Å². The number of ether oxygens (including phenoxy) is 1. The van der Waals surface area contributed by atoms with Crippen LogP contribution in [0.4, 0.5) is 5.69 Å². The lowest BCUT2D eigenvalue weighted by atomic mass is 9.98. The highest BCUT2D eigenvalue weighted by Crippen LogP contribution is 2.34. The van der Waals surface area contributed by atoms with Crippen LogP contribution in [0.3, 0.4) is 0 Å². The smallest absolute Gasteiger partial charge is 0.336 e. The van der Waals surface area contributed by atoms with E-state index in [9.17, 15) is 4.79 Å². The molecular weight excluding hydrogens is 326 g/mol. The van der Waals surface area contributed by atoms with Gasteiger partial charge in [0.1, 0.15) is 11.3 Å². The Morgan fingerprint density at radius 2 is 1.92 bits per heavy atom. The summed E-state index contributed by atoms with van der Waals surface area (Å²) in [5.41, 5.74) is 4.62. The Labute approximate surface area is 153 Å². The lowest BCUT2D eigenvalue weighted by Gasteiger charge is -2.31. The highest BCUT2D eigenvalue weighted by atomic mass is 16.5. The average molecular weight is 349 g/mol. The minimum Gasteiger partial charge on any atom is -0.473 e. The van der Waals surface area contributed by atoms with Gasteiger partial charge in [0.25, 0.3) is 0 Å². The van der Waals surface area contributed by atoms with Gasteiger partial charge in [-0.3, -0.25) is 0 Å². The van der Waals surface area contributed by atoms with Crippen LogP contribution in [-0.4, -0.2) is 6.73 Å². The Balaban J connectivity index is 1.71. The standard InChI is InChI=1S/C22H23NO3/c1-4-14(2)16-5-7-17(8-6-16)23-12-19-20(25-13-23)10-9-18-15(3)11-21(24)26-22(18)19/h5-11,14H,4,12-13H2,1-3H3/t14-/m1/s1. The first kappa shape index (κ1) is 16.7. The van der Waals surface area contributed by atoms with Crippen molar-refractivity contribution in [3.63, 3.8) is 0 Å². The van der Waals surface area contributed by atoms with E-state index in [4.69, 9.17) is 9.15 Å².